The number of hydrogen-bond acceptors (Lipinski definition) is 3. The fraction of sp³-hybridized carbons (Fsp3) is 0.350. The van der Waals surface area contributed by atoms with E-state index in [1.807, 2.05) is 23.6 Å². The molecule has 130 valence electrons. The second-order valence-corrected chi connectivity index (χ2v) is 7.77. The maximum absolute atomic E-state index is 8.23. The molecule has 0 radical (unpaired) electrons. The Morgan fingerprint density at radius 3 is 2.76 bits per heavy atom. The molecule has 0 unspecified atom stereocenters. The molecule has 0 bridgehead atoms. The van der Waals surface area contributed by atoms with Crippen LogP contribution in [0.25, 0.3) is 10.9 Å². The lowest BCUT2D eigenvalue weighted by molar-refractivity contribution is 0.360. The molecule has 0 spiro atoms. The number of aromatic nitrogens is 1. The molecule has 4 nitrogen and oxygen atoms in total. The first kappa shape index (κ1) is 16.4. The topological polar surface area (TPSA) is 63.7 Å². The van der Waals surface area contributed by atoms with Crippen molar-refractivity contribution in [2.75, 3.05) is 12.4 Å². The van der Waals surface area contributed by atoms with Crippen LogP contribution in [0.15, 0.2) is 41.9 Å². The number of rotatable bonds is 4. The van der Waals surface area contributed by atoms with Gasteiger partial charge in [-0.1, -0.05) is 6.07 Å². The average Bonchev–Trinajstić information content (AvgIpc) is 3.31. The number of fused-ring (bicyclic) bond motifs is 1. The van der Waals surface area contributed by atoms with Gasteiger partial charge in [0, 0.05) is 28.8 Å². The molecule has 1 aliphatic carbocycles. The van der Waals surface area contributed by atoms with Crippen LogP contribution in [0, 0.1) is 5.41 Å². The van der Waals surface area contributed by atoms with E-state index in [-0.39, 0.29) is 0 Å². The van der Waals surface area contributed by atoms with Crippen LogP contribution in [-0.4, -0.2) is 23.9 Å². The molecule has 0 amide bonds. The molecule has 2 aromatic heterocycles. The number of benzene rings is 1. The molecule has 0 aliphatic heterocycles. The third-order valence-corrected chi connectivity index (χ3v) is 6.21. The van der Waals surface area contributed by atoms with Crippen molar-refractivity contribution in [1.29, 1.82) is 5.41 Å². The summed E-state index contributed by atoms with van der Waals surface area (Å²) in [6.07, 6.45) is 7.15. The minimum absolute atomic E-state index is 0.459. The molecule has 0 saturated heterocycles. The SMILES string of the molecule is CN[C@H]1CC[C@H](c2c[nH]c3ccc(NC(=N)c4cccs4)cc32)CC1. The summed E-state index contributed by atoms with van der Waals surface area (Å²) in [5.41, 5.74) is 3.59. The third-order valence-electron chi connectivity index (χ3n) is 5.33. The summed E-state index contributed by atoms with van der Waals surface area (Å²) in [5, 5.41) is 18.2. The molecule has 1 saturated carbocycles. The predicted octanol–water partition coefficient (Wildman–Crippen LogP) is 4.91. The second-order valence-electron chi connectivity index (χ2n) is 6.82. The molecular weight excluding hydrogens is 328 g/mol. The van der Waals surface area contributed by atoms with Crippen LogP contribution in [0.4, 0.5) is 5.69 Å². The van der Waals surface area contributed by atoms with Gasteiger partial charge in [0.15, 0.2) is 0 Å². The summed E-state index contributed by atoms with van der Waals surface area (Å²) >= 11 is 1.58. The monoisotopic (exact) mass is 352 g/mol. The van der Waals surface area contributed by atoms with Gasteiger partial charge in [0.1, 0.15) is 5.84 Å². The predicted molar refractivity (Wildman–Crippen MR) is 107 cm³/mol. The Balaban J connectivity index is 1.56. The first-order chi connectivity index (χ1) is 12.2. The Morgan fingerprint density at radius 1 is 1.20 bits per heavy atom. The van der Waals surface area contributed by atoms with E-state index < -0.39 is 0 Å². The lowest BCUT2D eigenvalue weighted by atomic mass is 9.81. The number of H-pyrrole nitrogens is 1. The standard InChI is InChI=1S/C20H24N4S/c1-22-14-6-4-13(5-7-14)17-12-23-18-9-8-15(11-16(17)18)24-20(21)19-3-2-10-25-19/h2-3,8-14,22-23H,4-7H2,1H3,(H2,21,24)/t13-,14-. The zero-order chi connectivity index (χ0) is 17.2. The van der Waals surface area contributed by atoms with Gasteiger partial charge in [0.2, 0.25) is 0 Å². The molecule has 3 aromatic rings. The summed E-state index contributed by atoms with van der Waals surface area (Å²) < 4.78 is 0. The molecule has 2 heterocycles. The molecule has 1 aliphatic rings. The largest absolute Gasteiger partial charge is 0.361 e. The highest BCUT2D eigenvalue weighted by Crippen LogP contribution is 2.37. The maximum atomic E-state index is 8.23. The highest BCUT2D eigenvalue weighted by atomic mass is 32.1. The van der Waals surface area contributed by atoms with Gasteiger partial charge in [-0.2, -0.15) is 0 Å². The second kappa shape index (κ2) is 7.02. The number of nitrogens with one attached hydrogen (secondary N) is 4. The minimum Gasteiger partial charge on any atom is -0.361 e. The summed E-state index contributed by atoms with van der Waals surface area (Å²) in [6.45, 7) is 0. The van der Waals surface area contributed by atoms with Crippen LogP contribution in [0.1, 0.15) is 42.0 Å². The maximum Gasteiger partial charge on any atom is 0.140 e. The third kappa shape index (κ3) is 3.34. The highest BCUT2D eigenvalue weighted by molar-refractivity contribution is 7.12. The van der Waals surface area contributed by atoms with Gasteiger partial charge in [-0.05, 0) is 73.9 Å². The van der Waals surface area contributed by atoms with E-state index in [2.05, 4.69) is 41.0 Å². The zero-order valence-electron chi connectivity index (χ0n) is 14.4. The van der Waals surface area contributed by atoms with Crippen LogP contribution in [0.3, 0.4) is 0 Å². The van der Waals surface area contributed by atoms with Gasteiger partial charge in [0.05, 0.1) is 4.88 Å². The summed E-state index contributed by atoms with van der Waals surface area (Å²) in [7, 11) is 2.07. The van der Waals surface area contributed by atoms with Crippen LogP contribution < -0.4 is 10.6 Å². The van der Waals surface area contributed by atoms with Crippen molar-refractivity contribution in [3.8, 4) is 0 Å². The fourth-order valence-corrected chi connectivity index (χ4v) is 4.51. The van der Waals surface area contributed by atoms with E-state index in [0.717, 1.165) is 10.6 Å². The number of anilines is 1. The van der Waals surface area contributed by atoms with Gasteiger partial charge in [-0.25, -0.2) is 0 Å². The first-order valence-electron chi connectivity index (χ1n) is 8.92. The number of hydrogen-bond donors (Lipinski definition) is 4. The Labute approximate surface area is 152 Å². The highest BCUT2D eigenvalue weighted by Gasteiger charge is 2.23. The average molecular weight is 353 g/mol. The molecular formula is C20H24N4S. The van der Waals surface area contributed by atoms with Gasteiger partial charge in [-0.15, -0.1) is 11.3 Å². The molecule has 1 fully saturated rings. The van der Waals surface area contributed by atoms with Crippen LogP contribution in [0.5, 0.6) is 0 Å². The Bertz CT molecular complexity index is 857. The summed E-state index contributed by atoms with van der Waals surface area (Å²) in [5.74, 6) is 1.09. The van der Waals surface area contributed by atoms with Crippen molar-refractivity contribution in [2.45, 2.75) is 37.6 Å². The molecule has 4 rings (SSSR count). The lowest BCUT2D eigenvalue weighted by Gasteiger charge is -2.28. The molecule has 25 heavy (non-hydrogen) atoms. The Morgan fingerprint density at radius 2 is 2.04 bits per heavy atom. The van der Waals surface area contributed by atoms with Crippen molar-refractivity contribution in [3.63, 3.8) is 0 Å². The van der Waals surface area contributed by atoms with Gasteiger partial charge in [-0.3, -0.25) is 5.41 Å². The fourth-order valence-electron chi connectivity index (χ4n) is 3.88. The quantitative estimate of drug-likeness (QED) is 0.398. The van der Waals surface area contributed by atoms with Crippen LogP contribution >= 0.6 is 11.3 Å². The van der Waals surface area contributed by atoms with Crippen LogP contribution in [-0.2, 0) is 0 Å². The summed E-state index contributed by atoms with van der Waals surface area (Å²) in [6, 6.07) is 11.0. The smallest absolute Gasteiger partial charge is 0.140 e. The van der Waals surface area contributed by atoms with Crippen LogP contribution in [0.2, 0.25) is 0 Å². The molecule has 1 aromatic carbocycles. The first-order valence-corrected chi connectivity index (χ1v) is 9.80. The number of aromatic amines is 1. The van der Waals surface area contributed by atoms with Gasteiger partial charge >= 0.3 is 0 Å². The van der Waals surface area contributed by atoms with E-state index >= 15 is 0 Å². The Hall–Kier alpha value is -2.11. The van der Waals surface area contributed by atoms with E-state index in [1.165, 1.54) is 42.1 Å². The normalized spacial score (nSPS) is 20.7. The van der Waals surface area contributed by atoms with Crippen molar-refractivity contribution in [1.82, 2.24) is 10.3 Å². The van der Waals surface area contributed by atoms with Crippen molar-refractivity contribution < 1.29 is 0 Å². The van der Waals surface area contributed by atoms with Crippen molar-refractivity contribution in [2.24, 2.45) is 0 Å². The van der Waals surface area contributed by atoms with E-state index in [1.54, 1.807) is 11.3 Å². The zero-order valence-corrected chi connectivity index (χ0v) is 15.2. The molecule has 4 N–H and O–H groups in total. The minimum atomic E-state index is 0.459. The van der Waals surface area contributed by atoms with Gasteiger partial charge in [0.25, 0.3) is 0 Å². The van der Waals surface area contributed by atoms with Crippen molar-refractivity contribution >= 4 is 33.8 Å². The lowest BCUT2D eigenvalue weighted by Crippen LogP contribution is -2.29. The molecule has 5 heteroatoms. The van der Waals surface area contributed by atoms with Crippen molar-refractivity contribution in [3.05, 3.63) is 52.3 Å². The van der Waals surface area contributed by atoms with E-state index in [9.17, 15) is 0 Å². The number of amidine groups is 1. The van der Waals surface area contributed by atoms with E-state index in [0.29, 0.717) is 17.8 Å². The Kier molecular flexibility index (Phi) is 4.59. The number of thiophene rings is 1. The summed E-state index contributed by atoms with van der Waals surface area (Å²) in [4.78, 5) is 4.38. The van der Waals surface area contributed by atoms with E-state index in [4.69, 9.17) is 5.41 Å². The molecule has 0 atom stereocenters. The van der Waals surface area contributed by atoms with Gasteiger partial charge < -0.3 is 15.6 Å².